The molecule has 1 aromatic carbocycles. The van der Waals surface area contributed by atoms with Gasteiger partial charge in [0.25, 0.3) is 0 Å². The van der Waals surface area contributed by atoms with Gasteiger partial charge >= 0.3 is 0 Å². The van der Waals surface area contributed by atoms with E-state index in [0.717, 1.165) is 22.6 Å². The standard InChI is InChI=1S/C13H10ClN3/c14-10-4-5-17-12(7-10)8-16-13(17)9-2-1-3-11(15)6-9/h1-8H,15H2. The van der Waals surface area contributed by atoms with Crippen molar-refractivity contribution in [3.63, 3.8) is 0 Å². The second kappa shape index (κ2) is 3.79. The Morgan fingerprint density at radius 1 is 1.18 bits per heavy atom. The zero-order valence-corrected chi connectivity index (χ0v) is 9.72. The van der Waals surface area contributed by atoms with Gasteiger partial charge in [0, 0.05) is 22.5 Å². The Morgan fingerprint density at radius 2 is 2.06 bits per heavy atom. The maximum atomic E-state index is 5.94. The first kappa shape index (κ1) is 10.2. The molecule has 84 valence electrons. The average Bonchev–Trinajstić information content (AvgIpc) is 2.71. The highest BCUT2D eigenvalue weighted by atomic mass is 35.5. The van der Waals surface area contributed by atoms with E-state index in [1.54, 1.807) is 6.20 Å². The lowest BCUT2D eigenvalue weighted by Crippen LogP contribution is -1.90. The quantitative estimate of drug-likeness (QED) is 0.667. The number of nitrogens with zero attached hydrogens (tertiary/aromatic N) is 2. The molecule has 2 aromatic heterocycles. The van der Waals surface area contributed by atoms with Crippen molar-refractivity contribution in [1.29, 1.82) is 0 Å². The molecule has 0 saturated carbocycles. The number of nitrogen functional groups attached to an aromatic ring is 1. The van der Waals surface area contributed by atoms with Gasteiger partial charge in [0.15, 0.2) is 0 Å². The fraction of sp³-hybridized carbons (Fsp3) is 0. The normalized spacial score (nSPS) is 10.9. The number of hydrogen-bond donors (Lipinski definition) is 1. The third-order valence-corrected chi connectivity index (χ3v) is 2.87. The van der Waals surface area contributed by atoms with Gasteiger partial charge in [-0.05, 0) is 24.3 Å². The third kappa shape index (κ3) is 1.74. The summed E-state index contributed by atoms with van der Waals surface area (Å²) < 4.78 is 1.99. The molecule has 0 fully saturated rings. The van der Waals surface area contributed by atoms with Crippen LogP contribution in [0.25, 0.3) is 16.9 Å². The highest BCUT2D eigenvalue weighted by molar-refractivity contribution is 6.30. The van der Waals surface area contributed by atoms with Crippen LogP contribution in [-0.2, 0) is 0 Å². The van der Waals surface area contributed by atoms with E-state index in [9.17, 15) is 0 Å². The summed E-state index contributed by atoms with van der Waals surface area (Å²) >= 11 is 5.94. The van der Waals surface area contributed by atoms with Crippen LogP contribution in [-0.4, -0.2) is 9.38 Å². The minimum Gasteiger partial charge on any atom is -0.399 e. The molecule has 2 heterocycles. The maximum Gasteiger partial charge on any atom is 0.144 e. The van der Waals surface area contributed by atoms with E-state index in [1.165, 1.54) is 0 Å². The second-order valence-corrected chi connectivity index (χ2v) is 4.28. The smallest absolute Gasteiger partial charge is 0.144 e. The molecule has 2 N–H and O–H groups in total. The zero-order chi connectivity index (χ0) is 11.8. The van der Waals surface area contributed by atoms with E-state index in [-0.39, 0.29) is 0 Å². The molecular formula is C13H10ClN3. The number of imidazole rings is 1. The van der Waals surface area contributed by atoms with Crippen molar-refractivity contribution in [3.05, 3.63) is 53.8 Å². The summed E-state index contributed by atoms with van der Waals surface area (Å²) in [6.07, 6.45) is 3.70. The summed E-state index contributed by atoms with van der Waals surface area (Å²) in [4.78, 5) is 4.40. The van der Waals surface area contributed by atoms with Gasteiger partial charge < -0.3 is 5.73 Å². The van der Waals surface area contributed by atoms with Crippen LogP contribution in [0.1, 0.15) is 0 Å². The Labute approximate surface area is 103 Å². The number of halogens is 1. The van der Waals surface area contributed by atoms with Gasteiger partial charge in [-0.25, -0.2) is 4.98 Å². The molecule has 4 heteroatoms. The van der Waals surface area contributed by atoms with Crippen molar-refractivity contribution >= 4 is 22.8 Å². The van der Waals surface area contributed by atoms with E-state index in [4.69, 9.17) is 17.3 Å². The van der Waals surface area contributed by atoms with Gasteiger partial charge in [-0.3, -0.25) is 4.40 Å². The molecule has 3 nitrogen and oxygen atoms in total. The van der Waals surface area contributed by atoms with Crippen molar-refractivity contribution in [3.8, 4) is 11.4 Å². The molecule has 0 radical (unpaired) electrons. The monoisotopic (exact) mass is 243 g/mol. The van der Waals surface area contributed by atoms with Crippen molar-refractivity contribution < 1.29 is 0 Å². The lowest BCUT2D eigenvalue weighted by molar-refractivity contribution is 1.16. The molecule has 0 atom stereocenters. The summed E-state index contributed by atoms with van der Waals surface area (Å²) in [7, 11) is 0. The summed E-state index contributed by atoms with van der Waals surface area (Å²) in [6, 6.07) is 11.4. The number of hydrogen-bond acceptors (Lipinski definition) is 2. The molecule has 17 heavy (non-hydrogen) atoms. The predicted octanol–water partition coefficient (Wildman–Crippen LogP) is 3.24. The summed E-state index contributed by atoms with van der Waals surface area (Å²) in [5.74, 6) is 0.865. The number of nitrogens with two attached hydrogens (primary N) is 1. The van der Waals surface area contributed by atoms with Crippen LogP contribution in [0.15, 0.2) is 48.8 Å². The summed E-state index contributed by atoms with van der Waals surface area (Å²) in [5.41, 5.74) is 8.46. The van der Waals surface area contributed by atoms with Gasteiger partial charge in [0.05, 0.1) is 11.7 Å². The van der Waals surface area contributed by atoms with E-state index >= 15 is 0 Å². The third-order valence-electron chi connectivity index (χ3n) is 2.64. The highest BCUT2D eigenvalue weighted by Crippen LogP contribution is 2.23. The minimum atomic E-state index is 0.705. The van der Waals surface area contributed by atoms with Crippen LogP contribution in [0.3, 0.4) is 0 Å². The predicted molar refractivity (Wildman–Crippen MR) is 70.1 cm³/mol. The van der Waals surface area contributed by atoms with Crippen LogP contribution < -0.4 is 5.73 Å². The van der Waals surface area contributed by atoms with Gasteiger partial charge in [-0.15, -0.1) is 0 Å². The lowest BCUT2D eigenvalue weighted by Gasteiger charge is -2.02. The Kier molecular flexibility index (Phi) is 2.27. The van der Waals surface area contributed by atoms with Gasteiger partial charge in [0.2, 0.25) is 0 Å². The van der Waals surface area contributed by atoms with Crippen LogP contribution >= 0.6 is 11.6 Å². The maximum absolute atomic E-state index is 5.94. The van der Waals surface area contributed by atoms with Gasteiger partial charge in [-0.2, -0.15) is 0 Å². The topological polar surface area (TPSA) is 43.3 Å². The minimum absolute atomic E-state index is 0.705. The van der Waals surface area contributed by atoms with Crippen molar-refractivity contribution in [2.24, 2.45) is 0 Å². The van der Waals surface area contributed by atoms with E-state index in [2.05, 4.69) is 4.98 Å². The molecule has 0 aliphatic carbocycles. The van der Waals surface area contributed by atoms with E-state index in [1.807, 2.05) is 47.0 Å². The Bertz CT molecular complexity index is 688. The van der Waals surface area contributed by atoms with Crippen LogP contribution in [0.5, 0.6) is 0 Å². The fourth-order valence-corrected chi connectivity index (χ4v) is 2.03. The average molecular weight is 244 g/mol. The molecule has 0 amide bonds. The lowest BCUT2D eigenvalue weighted by atomic mass is 10.2. The Morgan fingerprint density at radius 3 is 2.88 bits per heavy atom. The highest BCUT2D eigenvalue weighted by Gasteiger charge is 2.06. The SMILES string of the molecule is Nc1cccc(-c2ncc3cc(Cl)ccn23)c1. The molecule has 0 aliphatic heterocycles. The molecule has 0 spiro atoms. The Balaban J connectivity index is 2.24. The molecular weight excluding hydrogens is 234 g/mol. The van der Waals surface area contributed by atoms with Crippen molar-refractivity contribution in [2.45, 2.75) is 0 Å². The molecule has 3 rings (SSSR count). The number of benzene rings is 1. The van der Waals surface area contributed by atoms with Crippen LogP contribution in [0.4, 0.5) is 5.69 Å². The summed E-state index contributed by atoms with van der Waals surface area (Å²) in [5, 5.41) is 0.705. The van der Waals surface area contributed by atoms with Gasteiger partial charge in [0.1, 0.15) is 5.82 Å². The summed E-state index contributed by atoms with van der Waals surface area (Å²) in [6.45, 7) is 0. The van der Waals surface area contributed by atoms with Gasteiger partial charge in [-0.1, -0.05) is 23.7 Å². The van der Waals surface area contributed by atoms with Crippen LogP contribution in [0, 0.1) is 0 Å². The first-order valence-corrected chi connectivity index (χ1v) is 5.60. The first-order valence-electron chi connectivity index (χ1n) is 5.22. The van der Waals surface area contributed by atoms with Crippen LogP contribution in [0.2, 0.25) is 5.02 Å². The first-order chi connectivity index (χ1) is 8.24. The number of aromatic nitrogens is 2. The van der Waals surface area contributed by atoms with Crippen molar-refractivity contribution in [1.82, 2.24) is 9.38 Å². The number of fused-ring (bicyclic) bond motifs is 1. The molecule has 0 aliphatic rings. The number of pyridine rings is 1. The molecule has 0 bridgehead atoms. The number of rotatable bonds is 1. The second-order valence-electron chi connectivity index (χ2n) is 3.85. The fourth-order valence-electron chi connectivity index (χ4n) is 1.86. The molecule has 0 saturated heterocycles. The van der Waals surface area contributed by atoms with E-state index in [0.29, 0.717) is 5.02 Å². The largest absolute Gasteiger partial charge is 0.399 e. The Hall–Kier alpha value is -2.00. The molecule has 0 unspecified atom stereocenters. The van der Waals surface area contributed by atoms with E-state index < -0.39 is 0 Å². The number of anilines is 1. The zero-order valence-electron chi connectivity index (χ0n) is 8.97. The molecule has 3 aromatic rings. The van der Waals surface area contributed by atoms with Crippen molar-refractivity contribution in [2.75, 3.05) is 5.73 Å².